The van der Waals surface area contributed by atoms with E-state index in [4.69, 9.17) is 0 Å². The van der Waals surface area contributed by atoms with E-state index in [2.05, 4.69) is 9.88 Å². The van der Waals surface area contributed by atoms with E-state index in [1.165, 1.54) is 0 Å². The van der Waals surface area contributed by atoms with E-state index in [1.54, 1.807) is 12.4 Å². The van der Waals surface area contributed by atoms with Crippen LogP contribution in [-0.2, 0) is 0 Å². The number of aliphatic hydroxyl groups excluding tert-OH is 2. The van der Waals surface area contributed by atoms with Gasteiger partial charge < -0.3 is 10.2 Å². The number of nitrogens with zero attached hydrogens (tertiary/aromatic N) is 2. The molecule has 1 unspecified atom stereocenters. The molecule has 0 aromatic carbocycles. The summed E-state index contributed by atoms with van der Waals surface area (Å²) in [6.45, 7) is 2.09. The fourth-order valence-electron chi connectivity index (χ4n) is 1.93. The van der Waals surface area contributed by atoms with Crippen LogP contribution in [0, 0.1) is 5.92 Å². The molecular formula is C11H16N2O2. The third kappa shape index (κ3) is 2.34. The van der Waals surface area contributed by atoms with Crippen LogP contribution in [0.15, 0.2) is 24.5 Å². The highest BCUT2D eigenvalue weighted by Gasteiger charge is 2.34. The smallest absolute Gasteiger partial charge is 0.0499 e. The van der Waals surface area contributed by atoms with Gasteiger partial charge in [0, 0.05) is 50.7 Å². The van der Waals surface area contributed by atoms with Gasteiger partial charge in [0.2, 0.25) is 0 Å². The minimum atomic E-state index is -0.114. The summed E-state index contributed by atoms with van der Waals surface area (Å²) in [5, 5.41) is 18.5. The Morgan fingerprint density at radius 3 is 2.53 bits per heavy atom. The fraction of sp³-hybridized carbons (Fsp3) is 0.545. The Morgan fingerprint density at radius 1 is 1.33 bits per heavy atom. The number of rotatable bonds is 5. The zero-order chi connectivity index (χ0) is 10.7. The van der Waals surface area contributed by atoms with Crippen molar-refractivity contribution in [1.82, 2.24) is 9.88 Å². The summed E-state index contributed by atoms with van der Waals surface area (Å²) in [4.78, 5) is 6.31. The van der Waals surface area contributed by atoms with Gasteiger partial charge in [0.15, 0.2) is 0 Å². The van der Waals surface area contributed by atoms with Crippen molar-refractivity contribution in [2.45, 2.75) is 6.04 Å². The van der Waals surface area contributed by atoms with Gasteiger partial charge in [0.05, 0.1) is 0 Å². The summed E-state index contributed by atoms with van der Waals surface area (Å²) in [6, 6.07) is 3.99. The number of hydrogen-bond donors (Lipinski definition) is 2. The SMILES string of the molecule is OCC(CO)C(c1cccnc1)N1CC1. The van der Waals surface area contributed by atoms with Crippen molar-refractivity contribution in [2.24, 2.45) is 5.92 Å². The molecule has 4 nitrogen and oxygen atoms in total. The van der Waals surface area contributed by atoms with E-state index in [0.717, 1.165) is 18.7 Å². The minimum absolute atomic E-state index is 0.00651. The molecule has 82 valence electrons. The van der Waals surface area contributed by atoms with Crippen LogP contribution < -0.4 is 0 Å². The van der Waals surface area contributed by atoms with Crippen molar-refractivity contribution >= 4 is 0 Å². The fourth-order valence-corrected chi connectivity index (χ4v) is 1.93. The molecule has 2 heterocycles. The topological polar surface area (TPSA) is 56.4 Å². The molecule has 1 aliphatic heterocycles. The molecule has 0 amide bonds. The van der Waals surface area contributed by atoms with Crippen LogP contribution in [0.2, 0.25) is 0 Å². The molecule has 1 saturated heterocycles. The van der Waals surface area contributed by atoms with E-state index in [-0.39, 0.29) is 25.2 Å². The third-order valence-electron chi connectivity index (χ3n) is 2.82. The van der Waals surface area contributed by atoms with Crippen LogP contribution in [0.3, 0.4) is 0 Å². The molecule has 0 bridgehead atoms. The van der Waals surface area contributed by atoms with E-state index < -0.39 is 0 Å². The van der Waals surface area contributed by atoms with Gasteiger partial charge in [-0.25, -0.2) is 0 Å². The van der Waals surface area contributed by atoms with Gasteiger partial charge in [-0.2, -0.15) is 0 Å². The number of pyridine rings is 1. The maximum absolute atomic E-state index is 9.23. The minimum Gasteiger partial charge on any atom is -0.396 e. The predicted molar refractivity (Wildman–Crippen MR) is 56.2 cm³/mol. The maximum atomic E-state index is 9.23. The first-order valence-corrected chi connectivity index (χ1v) is 5.22. The summed E-state index contributed by atoms with van der Waals surface area (Å²) >= 11 is 0. The highest BCUT2D eigenvalue weighted by molar-refractivity contribution is 5.17. The normalized spacial score (nSPS) is 18.1. The zero-order valence-corrected chi connectivity index (χ0v) is 8.58. The lowest BCUT2D eigenvalue weighted by Crippen LogP contribution is -2.26. The number of aromatic nitrogens is 1. The molecule has 1 aliphatic rings. The van der Waals surface area contributed by atoms with Gasteiger partial charge in [-0.05, 0) is 11.6 Å². The van der Waals surface area contributed by atoms with Crippen LogP contribution in [-0.4, -0.2) is 46.4 Å². The summed E-state index contributed by atoms with van der Waals surface area (Å²) in [7, 11) is 0. The molecule has 1 aromatic heterocycles. The second-order valence-electron chi connectivity index (χ2n) is 3.89. The van der Waals surface area contributed by atoms with Crippen molar-refractivity contribution in [2.75, 3.05) is 26.3 Å². The highest BCUT2D eigenvalue weighted by Crippen LogP contribution is 2.32. The monoisotopic (exact) mass is 208 g/mol. The Morgan fingerprint density at radius 2 is 2.07 bits per heavy atom. The molecule has 0 spiro atoms. The average molecular weight is 208 g/mol. The lowest BCUT2D eigenvalue weighted by atomic mass is 9.95. The molecule has 2 rings (SSSR count). The van der Waals surface area contributed by atoms with E-state index in [1.807, 2.05) is 12.1 Å². The third-order valence-corrected chi connectivity index (χ3v) is 2.82. The van der Waals surface area contributed by atoms with Crippen molar-refractivity contribution < 1.29 is 10.2 Å². The Labute approximate surface area is 89.2 Å². The van der Waals surface area contributed by atoms with Crippen molar-refractivity contribution in [3.63, 3.8) is 0 Å². The lowest BCUT2D eigenvalue weighted by Gasteiger charge is -2.25. The molecule has 1 aromatic rings. The van der Waals surface area contributed by atoms with E-state index >= 15 is 0 Å². The summed E-state index contributed by atoms with van der Waals surface area (Å²) in [6.07, 6.45) is 3.54. The molecule has 0 saturated carbocycles. The van der Waals surface area contributed by atoms with Gasteiger partial charge in [-0.1, -0.05) is 6.07 Å². The lowest BCUT2D eigenvalue weighted by molar-refractivity contribution is 0.0998. The second kappa shape index (κ2) is 4.70. The molecule has 4 heteroatoms. The molecule has 2 N–H and O–H groups in total. The van der Waals surface area contributed by atoms with E-state index in [0.29, 0.717) is 0 Å². The summed E-state index contributed by atoms with van der Waals surface area (Å²) in [5.41, 5.74) is 1.07. The van der Waals surface area contributed by atoms with Crippen LogP contribution in [0.1, 0.15) is 11.6 Å². The quantitative estimate of drug-likeness (QED) is 0.671. The molecule has 0 radical (unpaired) electrons. The average Bonchev–Trinajstić information content (AvgIpc) is 3.11. The van der Waals surface area contributed by atoms with Crippen molar-refractivity contribution in [3.05, 3.63) is 30.1 Å². The number of hydrogen-bond acceptors (Lipinski definition) is 4. The Hall–Kier alpha value is -0.970. The van der Waals surface area contributed by atoms with E-state index in [9.17, 15) is 10.2 Å². The first-order valence-electron chi connectivity index (χ1n) is 5.22. The van der Waals surface area contributed by atoms with Gasteiger partial charge in [-0.3, -0.25) is 9.88 Å². The van der Waals surface area contributed by atoms with Gasteiger partial charge >= 0.3 is 0 Å². The number of aliphatic hydroxyl groups is 2. The Bertz CT molecular complexity index is 297. The maximum Gasteiger partial charge on any atom is 0.0499 e. The zero-order valence-electron chi connectivity index (χ0n) is 8.58. The molecule has 15 heavy (non-hydrogen) atoms. The molecular weight excluding hydrogens is 192 g/mol. The summed E-state index contributed by atoms with van der Waals surface area (Å²) < 4.78 is 0. The molecule has 1 fully saturated rings. The Balaban J connectivity index is 2.19. The Kier molecular flexibility index (Phi) is 3.30. The second-order valence-corrected chi connectivity index (χ2v) is 3.89. The van der Waals surface area contributed by atoms with Gasteiger partial charge in [0.1, 0.15) is 0 Å². The van der Waals surface area contributed by atoms with Gasteiger partial charge in [-0.15, -0.1) is 0 Å². The van der Waals surface area contributed by atoms with Crippen LogP contribution in [0.5, 0.6) is 0 Å². The molecule has 1 atom stereocenters. The standard InChI is InChI=1S/C11H16N2O2/c14-7-10(8-15)11(13-4-5-13)9-2-1-3-12-6-9/h1-3,6,10-11,14-15H,4-5,7-8H2. The first-order chi connectivity index (χ1) is 7.36. The van der Waals surface area contributed by atoms with Crippen molar-refractivity contribution in [3.8, 4) is 0 Å². The highest BCUT2D eigenvalue weighted by atomic mass is 16.3. The van der Waals surface area contributed by atoms with Crippen LogP contribution >= 0.6 is 0 Å². The summed E-state index contributed by atoms with van der Waals surface area (Å²) in [5.74, 6) is -0.114. The van der Waals surface area contributed by atoms with Crippen LogP contribution in [0.4, 0.5) is 0 Å². The van der Waals surface area contributed by atoms with Gasteiger partial charge in [0.25, 0.3) is 0 Å². The largest absolute Gasteiger partial charge is 0.396 e. The predicted octanol–water partition coefficient (Wildman–Crippen LogP) is 0.0391. The molecule has 0 aliphatic carbocycles. The van der Waals surface area contributed by atoms with Crippen LogP contribution in [0.25, 0.3) is 0 Å². The van der Waals surface area contributed by atoms with Crippen molar-refractivity contribution in [1.29, 1.82) is 0 Å². The first kappa shape index (κ1) is 10.5.